The van der Waals surface area contributed by atoms with Gasteiger partial charge in [0, 0.05) is 24.9 Å². The van der Waals surface area contributed by atoms with Crippen LogP contribution in [0.4, 0.5) is 4.39 Å². The van der Waals surface area contributed by atoms with Crippen LogP contribution in [0.25, 0.3) is 0 Å². The molecule has 0 aromatic heterocycles. The van der Waals surface area contributed by atoms with E-state index in [1.165, 1.54) is 12.3 Å². The van der Waals surface area contributed by atoms with Gasteiger partial charge in [-0.1, -0.05) is 18.2 Å². The molecule has 3 N–H and O–H groups in total. The summed E-state index contributed by atoms with van der Waals surface area (Å²) in [5.74, 6) is 0.155. The molecule has 2 aromatic rings. The molecule has 0 radical (unpaired) electrons. The Kier molecular flexibility index (Phi) is 10.0. The van der Waals surface area contributed by atoms with Gasteiger partial charge < -0.3 is 15.7 Å². The molecule has 0 saturated heterocycles. The maximum absolute atomic E-state index is 13.5. The van der Waals surface area contributed by atoms with E-state index in [2.05, 4.69) is 15.6 Å². The molecular weight excluding hydrogens is 508 g/mol. The lowest BCUT2D eigenvalue weighted by Gasteiger charge is -2.12. The number of rotatable bonds is 7. The van der Waals surface area contributed by atoms with Crippen molar-refractivity contribution in [1.82, 2.24) is 10.6 Å². The average Bonchev–Trinajstić information content (AvgIpc) is 2.64. The number of aliphatic hydroxyl groups is 1. The van der Waals surface area contributed by atoms with Gasteiger partial charge in [0.25, 0.3) is 0 Å². The number of aryl methyl sites for hydroxylation is 1. The summed E-state index contributed by atoms with van der Waals surface area (Å²) in [6.45, 7) is 4.83. The van der Waals surface area contributed by atoms with Crippen molar-refractivity contribution < 1.29 is 17.9 Å². The number of hydrogen-bond acceptors (Lipinski definition) is 4. The quantitative estimate of drug-likeness (QED) is 0.288. The van der Waals surface area contributed by atoms with Crippen molar-refractivity contribution >= 4 is 39.8 Å². The predicted octanol–water partition coefficient (Wildman–Crippen LogP) is 2.90. The Labute approximate surface area is 188 Å². The number of aliphatic hydroxyl groups excluding tert-OH is 1. The largest absolute Gasteiger partial charge is 0.392 e. The van der Waals surface area contributed by atoms with Gasteiger partial charge in [-0.3, -0.25) is 0 Å². The van der Waals surface area contributed by atoms with E-state index in [1.807, 2.05) is 13.0 Å². The van der Waals surface area contributed by atoms with Crippen LogP contribution in [0.3, 0.4) is 0 Å². The molecular formula is C20H27FIN3O3S. The molecule has 0 aliphatic rings. The maximum Gasteiger partial charge on any atom is 0.191 e. The molecule has 29 heavy (non-hydrogen) atoms. The zero-order valence-corrected chi connectivity index (χ0v) is 19.8. The van der Waals surface area contributed by atoms with Crippen LogP contribution in [-0.2, 0) is 29.5 Å². The van der Waals surface area contributed by atoms with Crippen LogP contribution in [0, 0.1) is 12.7 Å². The minimum atomic E-state index is -3.24. The first-order chi connectivity index (χ1) is 13.2. The summed E-state index contributed by atoms with van der Waals surface area (Å²) in [7, 11) is -3.24. The second-order valence-electron chi connectivity index (χ2n) is 6.50. The van der Waals surface area contributed by atoms with Crippen molar-refractivity contribution in [3.8, 4) is 0 Å². The Bertz CT molecular complexity index is 965. The Balaban J connectivity index is 0.00000420. The summed E-state index contributed by atoms with van der Waals surface area (Å²) >= 11 is 0. The van der Waals surface area contributed by atoms with Crippen LogP contribution in [0.15, 0.2) is 46.3 Å². The molecule has 0 spiro atoms. The Hall–Kier alpha value is -1.72. The third-order valence-electron chi connectivity index (χ3n) is 4.14. The first-order valence-electron chi connectivity index (χ1n) is 8.94. The summed E-state index contributed by atoms with van der Waals surface area (Å²) in [6, 6.07) is 9.77. The van der Waals surface area contributed by atoms with Gasteiger partial charge in [-0.25, -0.2) is 17.8 Å². The molecule has 0 heterocycles. The zero-order chi connectivity index (χ0) is 20.7. The van der Waals surface area contributed by atoms with Crippen LogP contribution in [0.1, 0.15) is 29.2 Å². The molecule has 0 aliphatic heterocycles. The molecule has 160 valence electrons. The number of sulfone groups is 1. The first kappa shape index (κ1) is 25.3. The lowest BCUT2D eigenvalue weighted by Crippen LogP contribution is -2.36. The van der Waals surface area contributed by atoms with Crippen molar-refractivity contribution in [3.63, 3.8) is 0 Å². The Morgan fingerprint density at radius 1 is 1.14 bits per heavy atom. The van der Waals surface area contributed by atoms with Gasteiger partial charge in [0.1, 0.15) is 5.82 Å². The SMILES string of the molecule is CCNC(=NCc1ccc(S(C)(=O)=O)c(C)c1)NCc1ccc(F)c(CO)c1.I. The van der Waals surface area contributed by atoms with E-state index in [1.54, 1.807) is 31.2 Å². The maximum atomic E-state index is 13.5. The topological polar surface area (TPSA) is 90.8 Å². The fourth-order valence-electron chi connectivity index (χ4n) is 2.78. The smallest absolute Gasteiger partial charge is 0.191 e. The van der Waals surface area contributed by atoms with Crippen LogP contribution in [0.2, 0.25) is 0 Å². The van der Waals surface area contributed by atoms with E-state index in [-0.39, 0.29) is 36.1 Å². The molecule has 6 nitrogen and oxygen atoms in total. The number of guanidine groups is 1. The number of halogens is 2. The van der Waals surface area contributed by atoms with Gasteiger partial charge in [0.2, 0.25) is 0 Å². The summed E-state index contributed by atoms with van der Waals surface area (Å²) in [4.78, 5) is 4.83. The van der Waals surface area contributed by atoms with Crippen molar-refractivity contribution in [2.45, 2.75) is 38.4 Å². The monoisotopic (exact) mass is 535 g/mol. The number of nitrogens with zero attached hydrogens (tertiary/aromatic N) is 1. The summed E-state index contributed by atoms with van der Waals surface area (Å²) in [6.07, 6.45) is 1.19. The van der Waals surface area contributed by atoms with Crippen molar-refractivity contribution in [3.05, 3.63) is 64.5 Å². The average molecular weight is 535 g/mol. The van der Waals surface area contributed by atoms with E-state index in [0.717, 1.165) is 11.1 Å². The zero-order valence-electron chi connectivity index (χ0n) is 16.7. The molecule has 0 amide bonds. The van der Waals surface area contributed by atoms with Crippen molar-refractivity contribution in [2.24, 2.45) is 4.99 Å². The molecule has 2 rings (SSSR count). The second kappa shape index (κ2) is 11.5. The van der Waals surface area contributed by atoms with Gasteiger partial charge in [0.15, 0.2) is 15.8 Å². The molecule has 0 unspecified atom stereocenters. The van der Waals surface area contributed by atoms with E-state index in [4.69, 9.17) is 0 Å². The molecule has 0 fully saturated rings. The summed E-state index contributed by atoms with van der Waals surface area (Å²) < 4.78 is 36.9. The molecule has 0 atom stereocenters. The second-order valence-corrected chi connectivity index (χ2v) is 8.49. The van der Waals surface area contributed by atoms with Gasteiger partial charge in [-0.2, -0.15) is 0 Å². The lowest BCUT2D eigenvalue weighted by atomic mass is 10.1. The number of benzene rings is 2. The van der Waals surface area contributed by atoms with Gasteiger partial charge in [-0.15, -0.1) is 24.0 Å². The van der Waals surface area contributed by atoms with E-state index in [9.17, 15) is 17.9 Å². The number of nitrogens with one attached hydrogen (secondary N) is 2. The van der Waals surface area contributed by atoms with E-state index >= 15 is 0 Å². The van der Waals surface area contributed by atoms with Crippen LogP contribution >= 0.6 is 24.0 Å². The minimum Gasteiger partial charge on any atom is -0.392 e. The normalized spacial score (nSPS) is 11.7. The van der Waals surface area contributed by atoms with Crippen molar-refractivity contribution in [2.75, 3.05) is 12.8 Å². The molecule has 0 aliphatic carbocycles. The third kappa shape index (κ3) is 7.56. The predicted molar refractivity (Wildman–Crippen MR) is 124 cm³/mol. The number of aliphatic imine (C=N–C) groups is 1. The van der Waals surface area contributed by atoms with E-state index in [0.29, 0.717) is 36.1 Å². The third-order valence-corrected chi connectivity index (χ3v) is 5.40. The van der Waals surface area contributed by atoms with Crippen LogP contribution in [0.5, 0.6) is 0 Å². The highest BCUT2D eigenvalue weighted by molar-refractivity contribution is 14.0. The highest BCUT2D eigenvalue weighted by atomic mass is 127. The van der Waals surface area contributed by atoms with Crippen molar-refractivity contribution in [1.29, 1.82) is 0 Å². The van der Waals surface area contributed by atoms with E-state index < -0.39 is 15.7 Å². The fourth-order valence-corrected chi connectivity index (χ4v) is 3.74. The fraction of sp³-hybridized carbons (Fsp3) is 0.350. The highest BCUT2D eigenvalue weighted by Gasteiger charge is 2.11. The number of hydrogen-bond donors (Lipinski definition) is 3. The molecule has 2 aromatic carbocycles. The highest BCUT2D eigenvalue weighted by Crippen LogP contribution is 2.17. The summed E-state index contributed by atoms with van der Waals surface area (Å²) in [5.41, 5.74) is 2.66. The Morgan fingerprint density at radius 3 is 2.41 bits per heavy atom. The van der Waals surface area contributed by atoms with Gasteiger partial charge in [-0.05, 0) is 48.7 Å². The van der Waals surface area contributed by atoms with Crippen LogP contribution < -0.4 is 10.6 Å². The molecule has 0 bridgehead atoms. The standard InChI is InChI=1S/C20H26FN3O3S.HI/c1-4-22-20(24-12-16-5-7-18(21)17(10-16)13-25)23-11-15-6-8-19(14(2)9-15)28(3,26)27;/h5-10,25H,4,11-13H2,1-3H3,(H2,22,23,24);1H. The first-order valence-corrected chi connectivity index (χ1v) is 10.8. The Morgan fingerprint density at radius 2 is 1.83 bits per heavy atom. The van der Waals surface area contributed by atoms with Crippen LogP contribution in [-0.4, -0.2) is 32.3 Å². The minimum absolute atomic E-state index is 0. The molecule has 0 saturated carbocycles. The van der Waals surface area contributed by atoms with Gasteiger partial charge >= 0.3 is 0 Å². The van der Waals surface area contributed by atoms with Gasteiger partial charge in [0.05, 0.1) is 18.0 Å². The lowest BCUT2D eigenvalue weighted by molar-refractivity contribution is 0.275. The summed E-state index contributed by atoms with van der Waals surface area (Å²) in [5, 5.41) is 15.5. The molecule has 9 heteroatoms.